The minimum absolute atomic E-state index is 0.0552. The fourth-order valence-corrected chi connectivity index (χ4v) is 5.74. The number of carbonyl (C=O) groups excluding carboxylic acids is 1. The Labute approximate surface area is 171 Å². The van der Waals surface area contributed by atoms with Crippen LogP contribution in [0.25, 0.3) is 10.8 Å². The molecule has 0 amide bonds. The molecule has 2 aromatic heterocycles. The number of hydrogen-bond acceptors (Lipinski definition) is 8. The summed E-state index contributed by atoms with van der Waals surface area (Å²) in [6.07, 6.45) is 3.95. The lowest BCUT2D eigenvalue weighted by atomic mass is 9.98. The van der Waals surface area contributed by atoms with Gasteiger partial charge in [0.25, 0.3) is 0 Å². The van der Waals surface area contributed by atoms with E-state index in [1.807, 2.05) is 0 Å². The average Bonchev–Trinajstić information content (AvgIpc) is 3.36. The van der Waals surface area contributed by atoms with Crippen LogP contribution in [0.3, 0.4) is 0 Å². The molecule has 0 aliphatic carbocycles. The Hall–Kier alpha value is -2.47. The molecule has 1 aliphatic rings. The Morgan fingerprint density at radius 3 is 2.90 bits per heavy atom. The maximum atomic E-state index is 13.3. The summed E-state index contributed by atoms with van der Waals surface area (Å²) in [6.45, 7) is 0.470. The summed E-state index contributed by atoms with van der Waals surface area (Å²) < 4.78 is 29.3. The molecule has 0 bridgehead atoms. The summed E-state index contributed by atoms with van der Waals surface area (Å²) in [5.41, 5.74) is 6.21. The lowest BCUT2D eigenvalue weighted by molar-refractivity contribution is -0.123. The normalized spacial score (nSPS) is 20.3. The van der Waals surface area contributed by atoms with Crippen molar-refractivity contribution in [1.82, 2.24) is 29.5 Å². The highest BCUT2D eigenvalue weighted by Crippen LogP contribution is 2.34. The van der Waals surface area contributed by atoms with Gasteiger partial charge < -0.3 is 5.73 Å². The van der Waals surface area contributed by atoms with Gasteiger partial charge in [-0.3, -0.25) is 9.78 Å². The molecule has 1 aliphatic heterocycles. The number of nitrogens with two attached hydrogens (primary N) is 1. The fourth-order valence-electron chi connectivity index (χ4n) is 3.61. The molecule has 2 N–H and O–H groups in total. The number of carbonyl (C=O) groups is 1. The first-order chi connectivity index (χ1) is 13.9. The van der Waals surface area contributed by atoms with Crippen molar-refractivity contribution in [1.29, 1.82) is 0 Å². The number of nitrogens with zero attached hydrogens (tertiary/aromatic N) is 6. The Bertz CT molecular complexity index is 1150. The van der Waals surface area contributed by atoms with Crippen molar-refractivity contribution >= 4 is 38.2 Å². The zero-order chi connectivity index (χ0) is 20.6. The van der Waals surface area contributed by atoms with E-state index in [-0.39, 0.29) is 28.7 Å². The molecule has 3 aromatic rings. The third-order valence-electron chi connectivity index (χ3n) is 5.08. The minimum Gasteiger partial charge on any atom is -0.314 e. The number of halogens is 1. The molecule has 12 heteroatoms. The highest BCUT2D eigenvalue weighted by molar-refractivity contribution is 7.89. The smallest absolute Gasteiger partial charge is 0.245 e. The molecule has 1 fully saturated rings. The number of Topliss-reactive ketones (excluding diaryl/α,β-unsaturated/α-hetero) is 1. The molecule has 152 valence electrons. The number of tetrazole rings is 1. The lowest BCUT2D eigenvalue weighted by Crippen LogP contribution is -2.45. The second kappa shape index (κ2) is 7.75. The number of aromatic nitrogens is 5. The van der Waals surface area contributed by atoms with Crippen molar-refractivity contribution < 1.29 is 13.2 Å². The zero-order valence-electron chi connectivity index (χ0n) is 15.2. The van der Waals surface area contributed by atoms with Gasteiger partial charge in [-0.25, -0.2) is 13.1 Å². The van der Waals surface area contributed by atoms with Crippen molar-refractivity contribution in [2.75, 3.05) is 6.54 Å². The van der Waals surface area contributed by atoms with Crippen LogP contribution in [0.1, 0.15) is 12.8 Å². The van der Waals surface area contributed by atoms with Crippen LogP contribution in [0.4, 0.5) is 0 Å². The molecule has 0 saturated carbocycles. The number of benzene rings is 1. The predicted molar refractivity (Wildman–Crippen MR) is 104 cm³/mol. The van der Waals surface area contributed by atoms with E-state index in [1.54, 1.807) is 18.3 Å². The van der Waals surface area contributed by atoms with Gasteiger partial charge in [0.1, 0.15) is 12.1 Å². The summed E-state index contributed by atoms with van der Waals surface area (Å²) in [4.78, 5) is 16.7. The molecule has 4 rings (SSSR count). The largest absolute Gasteiger partial charge is 0.314 e. The first-order valence-corrected chi connectivity index (χ1v) is 10.7. The Morgan fingerprint density at radius 1 is 1.31 bits per heavy atom. The van der Waals surface area contributed by atoms with Crippen LogP contribution in [-0.4, -0.2) is 56.4 Å². The molecule has 10 nitrogen and oxygen atoms in total. The van der Waals surface area contributed by atoms with Gasteiger partial charge >= 0.3 is 0 Å². The quantitative estimate of drug-likeness (QED) is 0.601. The van der Waals surface area contributed by atoms with E-state index >= 15 is 0 Å². The molecular weight excluding hydrogens is 418 g/mol. The number of fused-ring (bicyclic) bond motifs is 1. The molecule has 2 atom stereocenters. The second-order valence-corrected chi connectivity index (χ2v) is 9.03. The summed E-state index contributed by atoms with van der Waals surface area (Å²) in [6, 6.07) is 4.86. The van der Waals surface area contributed by atoms with E-state index in [1.165, 1.54) is 27.6 Å². The van der Waals surface area contributed by atoms with Crippen LogP contribution in [0.15, 0.2) is 41.8 Å². The summed E-state index contributed by atoms with van der Waals surface area (Å²) >= 11 is 6.23. The second-order valence-electron chi connectivity index (χ2n) is 6.77. The number of sulfonamides is 1. The molecule has 3 heterocycles. The van der Waals surface area contributed by atoms with Crippen molar-refractivity contribution in [3.63, 3.8) is 0 Å². The monoisotopic (exact) mass is 435 g/mol. The van der Waals surface area contributed by atoms with Gasteiger partial charge in [-0.1, -0.05) is 23.7 Å². The highest BCUT2D eigenvalue weighted by Gasteiger charge is 2.43. The van der Waals surface area contributed by atoms with Gasteiger partial charge in [-0.15, -0.1) is 5.10 Å². The molecule has 1 saturated heterocycles. The van der Waals surface area contributed by atoms with Crippen LogP contribution in [0, 0.1) is 5.92 Å². The topological polar surface area (TPSA) is 137 Å². The van der Waals surface area contributed by atoms with Crippen molar-refractivity contribution in [2.24, 2.45) is 11.7 Å². The van der Waals surface area contributed by atoms with Crippen LogP contribution in [0.2, 0.25) is 5.02 Å². The number of hydrogen-bond donors (Lipinski definition) is 1. The van der Waals surface area contributed by atoms with E-state index in [0.29, 0.717) is 23.7 Å². The zero-order valence-corrected chi connectivity index (χ0v) is 16.8. The van der Waals surface area contributed by atoms with E-state index in [0.717, 1.165) is 0 Å². The first-order valence-electron chi connectivity index (χ1n) is 8.93. The number of aryl methyl sites for hydroxylation is 1. The minimum atomic E-state index is -3.96. The highest BCUT2D eigenvalue weighted by atomic mass is 35.5. The molecule has 29 heavy (non-hydrogen) atoms. The van der Waals surface area contributed by atoms with Crippen molar-refractivity contribution in [2.45, 2.75) is 30.4 Å². The van der Waals surface area contributed by atoms with E-state index < -0.39 is 22.1 Å². The molecule has 1 unspecified atom stereocenters. The van der Waals surface area contributed by atoms with Gasteiger partial charge in [0.2, 0.25) is 10.0 Å². The van der Waals surface area contributed by atoms with Crippen molar-refractivity contribution in [3.8, 4) is 0 Å². The fraction of sp³-hybridized carbons (Fsp3) is 0.353. The molecule has 1 aromatic carbocycles. The van der Waals surface area contributed by atoms with Gasteiger partial charge in [-0.05, 0) is 22.9 Å². The van der Waals surface area contributed by atoms with E-state index in [4.69, 9.17) is 17.3 Å². The number of pyridine rings is 1. The first kappa shape index (κ1) is 19.8. The Balaban J connectivity index is 1.58. The van der Waals surface area contributed by atoms with Crippen LogP contribution < -0.4 is 5.73 Å². The van der Waals surface area contributed by atoms with E-state index in [9.17, 15) is 13.2 Å². The van der Waals surface area contributed by atoms with E-state index in [2.05, 4.69) is 20.5 Å². The van der Waals surface area contributed by atoms with Crippen molar-refractivity contribution in [3.05, 3.63) is 41.9 Å². The maximum Gasteiger partial charge on any atom is 0.245 e. The van der Waals surface area contributed by atoms with Gasteiger partial charge in [0, 0.05) is 42.0 Å². The third-order valence-corrected chi connectivity index (χ3v) is 7.31. The Morgan fingerprint density at radius 2 is 2.14 bits per heavy atom. The van der Waals surface area contributed by atoms with Crippen LogP contribution in [-0.2, 0) is 21.4 Å². The molecular formula is C17H18ClN7O3S. The SMILES string of the molecule is N[C@@H]1C(C(=O)CCn2cnnn2)CCN1S(=O)(=O)c1cccc2cncc(Cl)c12. The maximum absolute atomic E-state index is 13.3. The molecule has 0 spiro atoms. The summed E-state index contributed by atoms with van der Waals surface area (Å²) in [5.74, 6) is -0.709. The average molecular weight is 436 g/mol. The van der Waals surface area contributed by atoms with Crippen LogP contribution >= 0.6 is 11.6 Å². The number of rotatable bonds is 6. The number of ketones is 1. The summed E-state index contributed by atoms with van der Waals surface area (Å²) in [7, 11) is -3.96. The standard InChI is InChI=1S/C17H18ClN7O3S/c18-13-9-20-8-11-2-1-3-15(16(11)13)29(27,28)25-7-4-12(17(25)19)14(26)5-6-24-10-21-22-23-24/h1-3,8-10,12,17H,4-7,19H2/t12?,17-/m0/s1. The third kappa shape index (κ3) is 3.62. The van der Waals surface area contributed by atoms with Gasteiger partial charge in [-0.2, -0.15) is 4.31 Å². The van der Waals surface area contributed by atoms with Crippen LogP contribution in [0.5, 0.6) is 0 Å². The van der Waals surface area contributed by atoms with Gasteiger partial charge in [0.05, 0.1) is 22.6 Å². The van der Waals surface area contributed by atoms with Gasteiger partial charge in [0.15, 0.2) is 0 Å². The summed E-state index contributed by atoms with van der Waals surface area (Å²) in [5, 5.41) is 12.0. The molecule has 0 radical (unpaired) electrons. The predicted octanol–water partition coefficient (Wildman–Crippen LogP) is 0.830. The Kier molecular flexibility index (Phi) is 5.30. The lowest BCUT2D eigenvalue weighted by Gasteiger charge is -2.24.